The van der Waals surface area contributed by atoms with Crippen LogP contribution in [0.3, 0.4) is 0 Å². The Morgan fingerprint density at radius 1 is 1.18 bits per heavy atom. The molecule has 22 heavy (non-hydrogen) atoms. The van der Waals surface area contributed by atoms with E-state index in [2.05, 4.69) is 37.5 Å². The summed E-state index contributed by atoms with van der Waals surface area (Å²) in [4.78, 5) is 0. The maximum absolute atomic E-state index is 6.50. The molecule has 3 rings (SSSR count). The standard InChI is InChI=1S/C18H19ClNOS/c1-5-20-12(3)22-16-9-8-15(21-4)17(18(16)20)13-10-11(2)6-7-14(13)19/h6-10H,5H2,1-4H3/q+1. The molecular weight excluding hydrogens is 314 g/mol. The second-order valence-corrected chi connectivity index (χ2v) is 6.98. The van der Waals surface area contributed by atoms with E-state index in [-0.39, 0.29) is 0 Å². The third kappa shape index (κ3) is 2.38. The van der Waals surface area contributed by atoms with Crippen LogP contribution in [0.5, 0.6) is 5.75 Å². The van der Waals surface area contributed by atoms with E-state index in [1.807, 2.05) is 18.2 Å². The largest absolute Gasteiger partial charge is 0.496 e. The number of rotatable bonds is 3. The summed E-state index contributed by atoms with van der Waals surface area (Å²) in [5.74, 6) is 0.861. The number of hydrogen-bond donors (Lipinski definition) is 0. The first-order valence-electron chi connectivity index (χ1n) is 7.33. The number of aromatic nitrogens is 1. The van der Waals surface area contributed by atoms with E-state index in [1.165, 1.54) is 20.8 Å². The zero-order valence-corrected chi connectivity index (χ0v) is 14.8. The van der Waals surface area contributed by atoms with Gasteiger partial charge in [-0.1, -0.05) is 34.6 Å². The molecule has 0 aliphatic heterocycles. The molecule has 4 heteroatoms. The topological polar surface area (TPSA) is 13.1 Å². The SMILES string of the molecule is CC[n+]1c(C)sc2ccc(OC)c(-c3cc(C)ccc3Cl)c21. The molecule has 0 fully saturated rings. The van der Waals surface area contributed by atoms with Crippen LogP contribution in [-0.2, 0) is 6.54 Å². The van der Waals surface area contributed by atoms with Gasteiger partial charge in [-0.15, -0.1) is 0 Å². The Kier molecular flexibility index (Phi) is 4.11. The number of ether oxygens (including phenoxy) is 1. The number of nitrogens with zero attached hydrogens (tertiary/aromatic N) is 1. The number of fused-ring (bicyclic) bond motifs is 1. The Bertz CT molecular complexity index is 854. The van der Waals surface area contributed by atoms with Crippen molar-refractivity contribution in [3.63, 3.8) is 0 Å². The van der Waals surface area contributed by atoms with E-state index < -0.39 is 0 Å². The molecule has 2 nitrogen and oxygen atoms in total. The normalized spacial score (nSPS) is 11.1. The fraction of sp³-hybridized carbons (Fsp3) is 0.278. The number of thiazole rings is 1. The summed E-state index contributed by atoms with van der Waals surface area (Å²) >= 11 is 8.31. The molecular formula is C18H19ClNOS+. The molecule has 0 aliphatic rings. The molecule has 0 N–H and O–H groups in total. The number of aryl methyl sites for hydroxylation is 3. The molecule has 1 heterocycles. The first kappa shape index (κ1) is 15.3. The van der Waals surface area contributed by atoms with Crippen LogP contribution >= 0.6 is 22.9 Å². The van der Waals surface area contributed by atoms with E-state index in [1.54, 1.807) is 18.4 Å². The predicted octanol–water partition coefficient (Wildman–Crippen LogP) is 5.15. The van der Waals surface area contributed by atoms with E-state index in [0.29, 0.717) is 0 Å². The summed E-state index contributed by atoms with van der Waals surface area (Å²) in [7, 11) is 1.71. The number of benzene rings is 2. The zero-order valence-electron chi connectivity index (χ0n) is 13.2. The van der Waals surface area contributed by atoms with Gasteiger partial charge in [-0.25, -0.2) is 0 Å². The molecule has 3 aromatic rings. The fourth-order valence-electron chi connectivity index (χ4n) is 2.92. The Labute approximate surface area is 139 Å². The van der Waals surface area contributed by atoms with Gasteiger partial charge in [0.15, 0.2) is 0 Å². The summed E-state index contributed by atoms with van der Waals surface area (Å²) < 4.78 is 9.23. The first-order chi connectivity index (χ1) is 10.6. The minimum absolute atomic E-state index is 0.753. The predicted molar refractivity (Wildman–Crippen MR) is 94.2 cm³/mol. The molecule has 2 aromatic carbocycles. The van der Waals surface area contributed by atoms with Gasteiger partial charge >= 0.3 is 0 Å². The van der Waals surface area contributed by atoms with E-state index >= 15 is 0 Å². The molecule has 0 aliphatic carbocycles. The van der Waals surface area contributed by atoms with Gasteiger partial charge in [0.2, 0.25) is 10.5 Å². The third-order valence-corrected chi connectivity index (χ3v) is 5.33. The fourth-order valence-corrected chi connectivity index (χ4v) is 4.22. The van der Waals surface area contributed by atoms with Crippen LogP contribution in [0, 0.1) is 13.8 Å². The van der Waals surface area contributed by atoms with Crippen molar-refractivity contribution in [2.45, 2.75) is 27.3 Å². The van der Waals surface area contributed by atoms with E-state index in [9.17, 15) is 0 Å². The molecule has 0 unspecified atom stereocenters. The lowest BCUT2D eigenvalue weighted by Crippen LogP contribution is -2.33. The zero-order chi connectivity index (χ0) is 15.9. The van der Waals surface area contributed by atoms with Crippen molar-refractivity contribution in [3.8, 4) is 16.9 Å². The van der Waals surface area contributed by atoms with Gasteiger partial charge in [0, 0.05) is 17.5 Å². The van der Waals surface area contributed by atoms with Crippen molar-refractivity contribution in [1.29, 1.82) is 0 Å². The summed E-state index contributed by atoms with van der Waals surface area (Å²) in [5.41, 5.74) is 4.51. The van der Waals surface area contributed by atoms with Crippen LogP contribution in [0.25, 0.3) is 21.3 Å². The average molecular weight is 333 g/mol. The highest BCUT2D eigenvalue weighted by Crippen LogP contribution is 2.41. The number of halogens is 1. The summed E-state index contributed by atoms with van der Waals surface area (Å²) in [5, 5.41) is 2.04. The van der Waals surface area contributed by atoms with Crippen LogP contribution in [0.2, 0.25) is 5.02 Å². The molecule has 0 atom stereocenters. The highest BCUT2D eigenvalue weighted by molar-refractivity contribution is 7.18. The molecule has 1 aromatic heterocycles. The number of methoxy groups -OCH3 is 1. The van der Waals surface area contributed by atoms with Gasteiger partial charge in [0.1, 0.15) is 17.0 Å². The second kappa shape index (κ2) is 5.90. The molecule has 0 amide bonds. The summed E-state index contributed by atoms with van der Waals surface area (Å²) in [6.45, 7) is 7.33. The van der Waals surface area contributed by atoms with Gasteiger partial charge in [-0.2, -0.15) is 4.57 Å². The number of hydrogen-bond acceptors (Lipinski definition) is 2. The van der Waals surface area contributed by atoms with Crippen LogP contribution in [0.15, 0.2) is 30.3 Å². The molecule has 0 radical (unpaired) electrons. The van der Waals surface area contributed by atoms with Crippen molar-refractivity contribution in [1.82, 2.24) is 0 Å². The van der Waals surface area contributed by atoms with Gasteiger partial charge in [0.05, 0.1) is 12.7 Å². The van der Waals surface area contributed by atoms with Crippen molar-refractivity contribution in [3.05, 3.63) is 45.9 Å². The molecule has 0 bridgehead atoms. The first-order valence-corrected chi connectivity index (χ1v) is 8.52. The average Bonchev–Trinajstić information content (AvgIpc) is 2.84. The van der Waals surface area contributed by atoms with Gasteiger partial charge < -0.3 is 4.74 Å². The lowest BCUT2D eigenvalue weighted by molar-refractivity contribution is -0.669. The molecule has 0 spiro atoms. The Morgan fingerprint density at radius 2 is 1.95 bits per heavy atom. The Hall–Kier alpha value is -1.58. The summed E-state index contributed by atoms with van der Waals surface area (Å²) in [6.07, 6.45) is 0. The van der Waals surface area contributed by atoms with E-state index in [4.69, 9.17) is 16.3 Å². The monoisotopic (exact) mass is 332 g/mol. The Morgan fingerprint density at radius 3 is 2.64 bits per heavy atom. The Balaban J connectivity index is 2.47. The maximum atomic E-state index is 6.50. The third-order valence-electron chi connectivity index (χ3n) is 3.94. The van der Waals surface area contributed by atoms with Crippen LogP contribution in [0.1, 0.15) is 17.5 Å². The van der Waals surface area contributed by atoms with Gasteiger partial charge in [-0.3, -0.25) is 0 Å². The minimum atomic E-state index is 0.753. The van der Waals surface area contributed by atoms with E-state index in [0.717, 1.165) is 28.4 Å². The maximum Gasteiger partial charge on any atom is 0.235 e. The van der Waals surface area contributed by atoms with Crippen LogP contribution < -0.4 is 9.30 Å². The highest BCUT2D eigenvalue weighted by Gasteiger charge is 2.25. The minimum Gasteiger partial charge on any atom is -0.496 e. The van der Waals surface area contributed by atoms with Gasteiger partial charge in [-0.05, 0) is 38.1 Å². The molecule has 114 valence electrons. The smallest absolute Gasteiger partial charge is 0.235 e. The van der Waals surface area contributed by atoms with Crippen molar-refractivity contribution >= 4 is 33.2 Å². The van der Waals surface area contributed by atoms with Crippen molar-refractivity contribution < 1.29 is 9.30 Å². The van der Waals surface area contributed by atoms with Crippen molar-refractivity contribution in [2.75, 3.05) is 7.11 Å². The van der Waals surface area contributed by atoms with Crippen LogP contribution in [0.4, 0.5) is 0 Å². The van der Waals surface area contributed by atoms with Crippen molar-refractivity contribution in [2.24, 2.45) is 0 Å². The second-order valence-electron chi connectivity index (χ2n) is 5.34. The lowest BCUT2D eigenvalue weighted by atomic mass is 10.0. The highest BCUT2D eigenvalue weighted by atomic mass is 35.5. The quantitative estimate of drug-likeness (QED) is 0.604. The van der Waals surface area contributed by atoms with Gasteiger partial charge in [0.25, 0.3) is 0 Å². The lowest BCUT2D eigenvalue weighted by Gasteiger charge is -2.11. The molecule has 0 saturated carbocycles. The summed E-state index contributed by atoms with van der Waals surface area (Å²) in [6, 6.07) is 10.3. The van der Waals surface area contributed by atoms with Crippen LogP contribution in [-0.4, -0.2) is 7.11 Å². The molecule has 0 saturated heterocycles.